The summed E-state index contributed by atoms with van der Waals surface area (Å²) in [5, 5.41) is 24.8. The van der Waals surface area contributed by atoms with E-state index in [1.807, 2.05) is 0 Å². The molecule has 0 bridgehead atoms. The molecule has 3 rings (SSSR count). The van der Waals surface area contributed by atoms with E-state index in [0.717, 1.165) is 0 Å². The van der Waals surface area contributed by atoms with Gasteiger partial charge in [-0.3, -0.25) is 10.1 Å². The lowest BCUT2D eigenvalue weighted by Crippen LogP contribution is -1.98. The third kappa shape index (κ3) is 1.86. The molecule has 0 aliphatic heterocycles. The lowest BCUT2D eigenvalue weighted by Gasteiger charge is -2.02. The predicted molar refractivity (Wildman–Crippen MR) is 63.0 cm³/mol. The summed E-state index contributed by atoms with van der Waals surface area (Å²) in [5.41, 5.74) is 0.407. The number of benzene rings is 1. The van der Waals surface area contributed by atoms with Crippen molar-refractivity contribution in [2.75, 3.05) is 5.32 Å². The molecule has 0 unspecified atom stereocenters. The molecule has 0 amide bonds. The number of hydrogen-bond donors (Lipinski definition) is 1. The van der Waals surface area contributed by atoms with Crippen LogP contribution >= 0.6 is 0 Å². The van der Waals surface area contributed by atoms with Crippen molar-refractivity contribution in [1.82, 2.24) is 15.5 Å². The van der Waals surface area contributed by atoms with E-state index in [4.69, 9.17) is 4.52 Å². The van der Waals surface area contributed by atoms with Gasteiger partial charge in [-0.05, 0) is 29.4 Å². The van der Waals surface area contributed by atoms with Gasteiger partial charge in [-0.1, -0.05) is 5.16 Å². The van der Waals surface area contributed by atoms with Crippen LogP contribution in [0.25, 0.3) is 11.0 Å². The summed E-state index contributed by atoms with van der Waals surface area (Å²) in [5.74, 6) is 0.964. The Balaban J connectivity index is 2.12. The fraction of sp³-hybridized carbons (Fsp3) is 0.100. The van der Waals surface area contributed by atoms with Crippen LogP contribution < -0.4 is 5.32 Å². The molecule has 0 atom stereocenters. The normalized spacial score (nSPS) is 10.8. The minimum atomic E-state index is -0.554. The summed E-state index contributed by atoms with van der Waals surface area (Å²) in [4.78, 5) is 10.6. The van der Waals surface area contributed by atoms with Crippen molar-refractivity contribution in [3.05, 3.63) is 34.1 Å². The van der Waals surface area contributed by atoms with Gasteiger partial charge in [0.15, 0.2) is 5.82 Å². The largest absolute Gasteiger partial charge is 0.360 e. The van der Waals surface area contributed by atoms with E-state index in [-0.39, 0.29) is 16.9 Å². The Morgan fingerprint density at radius 2 is 2.16 bits per heavy atom. The monoisotopic (exact) mass is 261 g/mol. The standard InChI is InChI=1S/C10H7N5O4/c1-5-4-8(13-18-5)11-7-3-2-6-9(14-19-12-6)10(7)15(16)17/h2-4H,1H3,(H,11,13). The van der Waals surface area contributed by atoms with Gasteiger partial charge in [0.25, 0.3) is 0 Å². The molecular weight excluding hydrogens is 254 g/mol. The molecule has 1 N–H and O–H groups in total. The molecule has 0 fully saturated rings. The maximum absolute atomic E-state index is 11.1. The van der Waals surface area contributed by atoms with Gasteiger partial charge in [0.05, 0.1) is 4.92 Å². The van der Waals surface area contributed by atoms with Gasteiger partial charge in [-0.2, -0.15) is 0 Å². The first-order chi connectivity index (χ1) is 9.15. The van der Waals surface area contributed by atoms with Crippen LogP contribution in [0.4, 0.5) is 17.2 Å². The Morgan fingerprint density at radius 3 is 2.84 bits per heavy atom. The van der Waals surface area contributed by atoms with E-state index in [1.165, 1.54) is 6.07 Å². The fourth-order valence-corrected chi connectivity index (χ4v) is 1.69. The summed E-state index contributed by atoms with van der Waals surface area (Å²) in [6.45, 7) is 1.72. The molecule has 0 aliphatic rings. The molecule has 9 nitrogen and oxygen atoms in total. The number of nitro groups is 1. The number of aryl methyl sites for hydroxylation is 1. The van der Waals surface area contributed by atoms with Crippen molar-refractivity contribution in [1.29, 1.82) is 0 Å². The molecule has 2 aromatic heterocycles. The molecular formula is C10H7N5O4. The first-order valence-electron chi connectivity index (χ1n) is 5.25. The molecule has 1 aromatic carbocycles. The highest BCUT2D eigenvalue weighted by Gasteiger charge is 2.23. The zero-order valence-corrected chi connectivity index (χ0v) is 9.65. The molecule has 9 heteroatoms. The minimum absolute atomic E-state index is 0.0789. The third-order valence-corrected chi connectivity index (χ3v) is 2.47. The topological polar surface area (TPSA) is 120 Å². The second-order valence-electron chi connectivity index (χ2n) is 3.80. The van der Waals surface area contributed by atoms with E-state index in [2.05, 4.69) is 25.4 Å². The average molecular weight is 261 g/mol. The van der Waals surface area contributed by atoms with Crippen LogP contribution in [0.2, 0.25) is 0 Å². The van der Waals surface area contributed by atoms with Gasteiger partial charge in [0, 0.05) is 6.07 Å². The number of anilines is 2. The van der Waals surface area contributed by atoms with Crippen LogP contribution in [0.5, 0.6) is 0 Å². The first kappa shape index (κ1) is 11.1. The van der Waals surface area contributed by atoms with Crippen LogP contribution in [-0.4, -0.2) is 20.4 Å². The molecule has 0 radical (unpaired) electrons. The van der Waals surface area contributed by atoms with Gasteiger partial charge in [0.1, 0.15) is 17.0 Å². The Bertz CT molecular complexity index is 762. The molecule has 0 saturated heterocycles. The SMILES string of the molecule is Cc1cc(Nc2ccc3nonc3c2[N+](=O)[O-])no1. The summed E-state index contributed by atoms with van der Waals surface area (Å²) in [6, 6.07) is 4.69. The van der Waals surface area contributed by atoms with Crippen LogP contribution in [0.3, 0.4) is 0 Å². The maximum Gasteiger partial charge on any atom is 0.323 e. The van der Waals surface area contributed by atoms with Crippen molar-refractivity contribution in [2.24, 2.45) is 0 Å². The van der Waals surface area contributed by atoms with E-state index in [9.17, 15) is 10.1 Å². The molecule has 2 heterocycles. The Morgan fingerprint density at radius 1 is 1.32 bits per heavy atom. The van der Waals surface area contributed by atoms with E-state index < -0.39 is 4.92 Å². The Kier molecular flexibility index (Phi) is 2.37. The summed E-state index contributed by atoms with van der Waals surface area (Å²) >= 11 is 0. The average Bonchev–Trinajstić information content (AvgIpc) is 2.97. The van der Waals surface area contributed by atoms with Gasteiger partial charge in [-0.15, -0.1) is 0 Å². The maximum atomic E-state index is 11.1. The highest BCUT2D eigenvalue weighted by molar-refractivity contribution is 5.91. The lowest BCUT2D eigenvalue weighted by atomic mass is 10.2. The third-order valence-electron chi connectivity index (χ3n) is 2.47. The highest BCUT2D eigenvalue weighted by Crippen LogP contribution is 2.33. The van der Waals surface area contributed by atoms with E-state index in [0.29, 0.717) is 17.1 Å². The number of aromatic nitrogens is 3. The second-order valence-corrected chi connectivity index (χ2v) is 3.80. The molecule has 0 saturated carbocycles. The zero-order chi connectivity index (χ0) is 13.4. The van der Waals surface area contributed by atoms with Gasteiger partial charge in [0.2, 0.25) is 5.52 Å². The van der Waals surface area contributed by atoms with Crippen LogP contribution in [0.1, 0.15) is 5.76 Å². The quantitative estimate of drug-likeness (QED) is 0.562. The first-order valence-corrected chi connectivity index (χ1v) is 5.25. The summed E-state index contributed by atoms with van der Waals surface area (Å²) in [6.07, 6.45) is 0. The molecule has 96 valence electrons. The Hall–Kier alpha value is -2.97. The van der Waals surface area contributed by atoms with Gasteiger partial charge < -0.3 is 9.84 Å². The number of rotatable bonds is 3. The number of hydrogen-bond acceptors (Lipinski definition) is 8. The van der Waals surface area contributed by atoms with Crippen molar-refractivity contribution in [3.63, 3.8) is 0 Å². The summed E-state index contributed by atoms with van der Waals surface area (Å²) < 4.78 is 9.38. The highest BCUT2D eigenvalue weighted by atomic mass is 16.6. The number of nitrogens with zero attached hydrogens (tertiary/aromatic N) is 4. The van der Waals surface area contributed by atoms with Crippen LogP contribution in [-0.2, 0) is 0 Å². The molecule has 19 heavy (non-hydrogen) atoms. The zero-order valence-electron chi connectivity index (χ0n) is 9.65. The number of nitro benzene ring substituents is 1. The molecule has 3 aromatic rings. The van der Waals surface area contributed by atoms with E-state index in [1.54, 1.807) is 19.1 Å². The summed E-state index contributed by atoms with van der Waals surface area (Å²) in [7, 11) is 0. The van der Waals surface area contributed by atoms with Crippen LogP contribution in [0, 0.1) is 17.0 Å². The smallest absolute Gasteiger partial charge is 0.323 e. The Labute approximate surface area is 105 Å². The molecule has 0 spiro atoms. The van der Waals surface area contributed by atoms with Crippen molar-refractivity contribution < 1.29 is 14.1 Å². The van der Waals surface area contributed by atoms with Gasteiger partial charge >= 0.3 is 5.69 Å². The number of nitrogens with one attached hydrogen (secondary N) is 1. The van der Waals surface area contributed by atoms with Gasteiger partial charge in [-0.25, -0.2) is 4.63 Å². The van der Waals surface area contributed by atoms with Crippen molar-refractivity contribution >= 4 is 28.2 Å². The van der Waals surface area contributed by atoms with E-state index >= 15 is 0 Å². The lowest BCUT2D eigenvalue weighted by molar-refractivity contribution is -0.382. The minimum Gasteiger partial charge on any atom is -0.360 e. The molecule has 0 aliphatic carbocycles. The number of fused-ring (bicyclic) bond motifs is 1. The second kappa shape index (κ2) is 4.05. The fourth-order valence-electron chi connectivity index (χ4n) is 1.69. The van der Waals surface area contributed by atoms with Crippen molar-refractivity contribution in [3.8, 4) is 0 Å². The predicted octanol–water partition coefficient (Wildman–Crippen LogP) is 2.17. The van der Waals surface area contributed by atoms with Crippen molar-refractivity contribution in [2.45, 2.75) is 6.92 Å². The van der Waals surface area contributed by atoms with Crippen LogP contribution in [0.15, 0.2) is 27.4 Å².